The number of carbonyl (C=O) groups is 2. The van der Waals surface area contributed by atoms with Crippen LogP contribution < -0.4 is 5.32 Å². The molecule has 5 nitrogen and oxygen atoms in total. The highest BCUT2D eigenvalue weighted by Crippen LogP contribution is 2.30. The van der Waals surface area contributed by atoms with Crippen molar-refractivity contribution in [3.8, 4) is 0 Å². The van der Waals surface area contributed by atoms with Gasteiger partial charge in [-0.15, -0.1) is 0 Å². The van der Waals surface area contributed by atoms with Crippen LogP contribution in [0.5, 0.6) is 0 Å². The third-order valence-corrected chi connectivity index (χ3v) is 3.36. The number of ketones is 1. The minimum absolute atomic E-state index is 0.0340. The molecule has 1 N–H and O–H groups in total. The smallest absolute Gasteiger partial charge is 0.239 e. The van der Waals surface area contributed by atoms with E-state index in [9.17, 15) is 9.59 Å². The van der Waals surface area contributed by atoms with Crippen molar-refractivity contribution in [3.05, 3.63) is 0 Å². The van der Waals surface area contributed by atoms with Gasteiger partial charge < -0.3 is 10.1 Å². The first kappa shape index (κ1) is 13.5. The first-order valence-electron chi connectivity index (χ1n) is 6.73. The van der Waals surface area contributed by atoms with Crippen LogP contribution in [0.1, 0.15) is 26.7 Å². The standard InChI is InChI=1S/C13H22N2O3/c1-9(2)14-13(17)11-8-18-6-5-15(11)7-12(16)10-3-4-10/h9-11H,3-8H2,1-2H3,(H,14,17). The van der Waals surface area contributed by atoms with Crippen molar-refractivity contribution in [1.82, 2.24) is 10.2 Å². The summed E-state index contributed by atoms with van der Waals surface area (Å²) in [7, 11) is 0. The molecule has 0 aromatic rings. The highest BCUT2D eigenvalue weighted by atomic mass is 16.5. The maximum atomic E-state index is 12.0. The third kappa shape index (κ3) is 3.53. The summed E-state index contributed by atoms with van der Waals surface area (Å²) >= 11 is 0. The second kappa shape index (κ2) is 5.80. The van der Waals surface area contributed by atoms with E-state index < -0.39 is 0 Å². The quantitative estimate of drug-likeness (QED) is 0.761. The molecule has 0 aromatic carbocycles. The van der Waals surface area contributed by atoms with Crippen LogP contribution in [0.2, 0.25) is 0 Å². The summed E-state index contributed by atoms with van der Waals surface area (Å²) in [5.41, 5.74) is 0. The first-order valence-corrected chi connectivity index (χ1v) is 6.73. The first-order chi connectivity index (χ1) is 8.58. The van der Waals surface area contributed by atoms with Crippen molar-refractivity contribution < 1.29 is 14.3 Å². The van der Waals surface area contributed by atoms with Crippen molar-refractivity contribution in [3.63, 3.8) is 0 Å². The Kier molecular flexibility index (Phi) is 4.35. The lowest BCUT2D eigenvalue weighted by atomic mass is 10.1. The zero-order valence-electron chi connectivity index (χ0n) is 11.1. The zero-order chi connectivity index (χ0) is 13.1. The molecule has 5 heteroatoms. The molecule has 18 heavy (non-hydrogen) atoms. The van der Waals surface area contributed by atoms with Crippen molar-refractivity contribution in [2.75, 3.05) is 26.3 Å². The van der Waals surface area contributed by atoms with Gasteiger partial charge in [0.25, 0.3) is 0 Å². The van der Waals surface area contributed by atoms with Crippen LogP contribution in [0.15, 0.2) is 0 Å². The van der Waals surface area contributed by atoms with Crippen LogP contribution >= 0.6 is 0 Å². The van der Waals surface area contributed by atoms with Crippen molar-refractivity contribution in [2.45, 2.75) is 38.8 Å². The van der Waals surface area contributed by atoms with Crippen LogP contribution in [0, 0.1) is 5.92 Å². The largest absolute Gasteiger partial charge is 0.378 e. The molecule has 2 rings (SSSR count). The van der Waals surface area contributed by atoms with Crippen molar-refractivity contribution >= 4 is 11.7 Å². The lowest BCUT2D eigenvalue weighted by Gasteiger charge is -2.34. The van der Waals surface area contributed by atoms with E-state index in [0.717, 1.165) is 12.8 Å². The summed E-state index contributed by atoms with van der Waals surface area (Å²) in [6.45, 7) is 5.90. The van der Waals surface area contributed by atoms with Crippen LogP contribution in [0.25, 0.3) is 0 Å². The number of nitrogens with one attached hydrogen (secondary N) is 1. The van der Waals surface area contributed by atoms with E-state index in [2.05, 4.69) is 5.32 Å². The fraction of sp³-hybridized carbons (Fsp3) is 0.846. The van der Waals surface area contributed by atoms with Crippen LogP contribution in [0.3, 0.4) is 0 Å². The van der Waals surface area contributed by atoms with Gasteiger partial charge in [-0.25, -0.2) is 0 Å². The number of carbonyl (C=O) groups excluding carboxylic acids is 2. The monoisotopic (exact) mass is 254 g/mol. The molecular weight excluding hydrogens is 232 g/mol. The Morgan fingerprint density at radius 2 is 2.11 bits per heavy atom. The number of nitrogens with zero attached hydrogens (tertiary/aromatic N) is 1. The molecule has 0 aromatic heterocycles. The molecule has 1 aliphatic heterocycles. The molecule has 1 amide bonds. The summed E-state index contributed by atoms with van der Waals surface area (Å²) in [6, 6.07) is -0.204. The number of hydrogen-bond acceptors (Lipinski definition) is 4. The van der Waals surface area contributed by atoms with Crippen LogP contribution in [-0.2, 0) is 14.3 Å². The average molecular weight is 254 g/mol. The number of Topliss-reactive ketones (excluding diaryl/α,β-unsaturated/α-hetero) is 1. The zero-order valence-corrected chi connectivity index (χ0v) is 11.1. The Morgan fingerprint density at radius 3 is 2.72 bits per heavy atom. The topological polar surface area (TPSA) is 58.6 Å². The molecule has 0 radical (unpaired) electrons. The minimum atomic E-state index is -0.316. The van der Waals surface area contributed by atoms with Gasteiger partial charge in [0.1, 0.15) is 11.8 Å². The molecule has 0 bridgehead atoms. The number of morpholine rings is 1. The van der Waals surface area contributed by atoms with Gasteiger partial charge >= 0.3 is 0 Å². The molecule has 2 fully saturated rings. The SMILES string of the molecule is CC(C)NC(=O)C1COCCN1CC(=O)C1CC1. The lowest BCUT2D eigenvalue weighted by Crippen LogP contribution is -2.56. The normalized spacial score (nSPS) is 25.2. The van der Waals surface area contributed by atoms with E-state index in [1.807, 2.05) is 18.7 Å². The summed E-state index contributed by atoms with van der Waals surface area (Å²) in [4.78, 5) is 25.9. The summed E-state index contributed by atoms with van der Waals surface area (Å²) in [5.74, 6) is 0.495. The second-order valence-electron chi connectivity index (χ2n) is 5.47. The minimum Gasteiger partial charge on any atom is -0.378 e. The van der Waals surface area contributed by atoms with E-state index in [4.69, 9.17) is 4.74 Å². The summed E-state index contributed by atoms with van der Waals surface area (Å²) in [5, 5.41) is 2.89. The number of ether oxygens (including phenoxy) is 1. The van der Waals surface area contributed by atoms with E-state index >= 15 is 0 Å². The summed E-state index contributed by atoms with van der Waals surface area (Å²) < 4.78 is 5.36. The Bertz CT molecular complexity index is 326. The molecule has 0 spiro atoms. The van der Waals surface area contributed by atoms with Gasteiger partial charge in [0.05, 0.1) is 19.8 Å². The van der Waals surface area contributed by atoms with Gasteiger partial charge in [-0.1, -0.05) is 0 Å². The molecule has 1 saturated heterocycles. The molecule has 1 atom stereocenters. The highest BCUT2D eigenvalue weighted by Gasteiger charge is 2.35. The molecule has 1 heterocycles. The Morgan fingerprint density at radius 1 is 1.39 bits per heavy atom. The van der Waals surface area contributed by atoms with E-state index in [-0.39, 0.29) is 29.7 Å². The van der Waals surface area contributed by atoms with E-state index in [1.54, 1.807) is 0 Å². The number of amides is 1. The van der Waals surface area contributed by atoms with Crippen LogP contribution in [0.4, 0.5) is 0 Å². The van der Waals surface area contributed by atoms with Crippen molar-refractivity contribution in [2.24, 2.45) is 5.92 Å². The fourth-order valence-electron chi connectivity index (χ4n) is 2.18. The molecule has 1 unspecified atom stereocenters. The predicted molar refractivity (Wildman–Crippen MR) is 67.2 cm³/mol. The fourth-order valence-corrected chi connectivity index (χ4v) is 2.18. The van der Waals surface area contributed by atoms with Gasteiger partial charge in [-0.05, 0) is 26.7 Å². The maximum Gasteiger partial charge on any atom is 0.239 e. The van der Waals surface area contributed by atoms with E-state index in [1.165, 1.54) is 0 Å². The predicted octanol–water partition coefficient (Wildman–Crippen LogP) is 0.191. The van der Waals surface area contributed by atoms with Crippen LogP contribution in [-0.4, -0.2) is 55.0 Å². The maximum absolute atomic E-state index is 12.0. The molecular formula is C13H22N2O3. The highest BCUT2D eigenvalue weighted by molar-refractivity contribution is 5.87. The van der Waals surface area contributed by atoms with Gasteiger partial charge in [0.2, 0.25) is 5.91 Å². The van der Waals surface area contributed by atoms with Gasteiger partial charge in [-0.3, -0.25) is 14.5 Å². The average Bonchev–Trinajstić information content (AvgIpc) is 3.12. The Balaban J connectivity index is 1.91. The Hall–Kier alpha value is -0.940. The van der Waals surface area contributed by atoms with E-state index in [0.29, 0.717) is 26.3 Å². The van der Waals surface area contributed by atoms with Gasteiger partial charge in [0, 0.05) is 18.5 Å². The Labute approximate surface area is 108 Å². The molecule has 1 saturated carbocycles. The lowest BCUT2D eigenvalue weighted by molar-refractivity contribution is -0.135. The third-order valence-electron chi connectivity index (χ3n) is 3.36. The number of hydrogen-bond donors (Lipinski definition) is 1. The second-order valence-corrected chi connectivity index (χ2v) is 5.47. The van der Waals surface area contributed by atoms with Gasteiger partial charge in [0.15, 0.2) is 0 Å². The van der Waals surface area contributed by atoms with Gasteiger partial charge in [-0.2, -0.15) is 0 Å². The molecule has 2 aliphatic rings. The molecule has 102 valence electrons. The summed E-state index contributed by atoms with van der Waals surface area (Å²) in [6.07, 6.45) is 2.04. The number of rotatable bonds is 5. The van der Waals surface area contributed by atoms with Crippen molar-refractivity contribution in [1.29, 1.82) is 0 Å². The molecule has 1 aliphatic carbocycles.